The number of carbonyl (C=O) groups excluding carboxylic acids is 2. The van der Waals surface area contributed by atoms with E-state index in [1.165, 1.54) is 25.3 Å². The molecule has 0 bridgehead atoms. The number of rotatable bonds is 7. The van der Waals surface area contributed by atoms with Crippen LogP contribution in [0.4, 0.5) is 13.2 Å². The van der Waals surface area contributed by atoms with Gasteiger partial charge in [-0.2, -0.15) is 13.2 Å². The maximum atomic E-state index is 12.8. The van der Waals surface area contributed by atoms with Crippen molar-refractivity contribution in [2.45, 2.75) is 6.18 Å². The summed E-state index contributed by atoms with van der Waals surface area (Å²) in [6.45, 7) is 0.533. The number of hydrogen-bond acceptors (Lipinski definition) is 3. The number of alkyl halides is 3. The van der Waals surface area contributed by atoms with Gasteiger partial charge in [-0.1, -0.05) is 24.3 Å². The number of hydrogen-bond donors (Lipinski definition) is 2. The number of methoxy groups -OCH3 is 1. The smallest absolute Gasteiger partial charge is 0.383 e. The first kappa shape index (κ1) is 20.4. The molecule has 0 unspecified atom stereocenters. The van der Waals surface area contributed by atoms with Crippen LogP contribution in [0.25, 0.3) is 11.1 Å². The molecule has 0 fully saturated rings. The van der Waals surface area contributed by atoms with Gasteiger partial charge in [0.15, 0.2) is 0 Å². The lowest BCUT2D eigenvalue weighted by Gasteiger charge is -2.10. The van der Waals surface area contributed by atoms with Gasteiger partial charge < -0.3 is 15.4 Å². The van der Waals surface area contributed by atoms with Crippen molar-refractivity contribution in [1.82, 2.24) is 10.6 Å². The van der Waals surface area contributed by atoms with E-state index in [0.29, 0.717) is 29.8 Å². The third-order valence-corrected chi connectivity index (χ3v) is 3.71. The molecule has 0 aliphatic carbocycles. The van der Waals surface area contributed by atoms with E-state index < -0.39 is 17.6 Å². The molecule has 0 heterocycles. The SMILES string of the molecule is COCCNC(=O)CNC(=O)c1ccc(-c2cccc(C(F)(F)F)c2)cc1. The number of carbonyl (C=O) groups is 2. The topological polar surface area (TPSA) is 67.4 Å². The van der Waals surface area contributed by atoms with Crippen LogP contribution < -0.4 is 10.6 Å². The van der Waals surface area contributed by atoms with Crippen molar-refractivity contribution >= 4 is 11.8 Å². The highest BCUT2D eigenvalue weighted by molar-refractivity contribution is 5.96. The first-order valence-corrected chi connectivity index (χ1v) is 8.13. The van der Waals surface area contributed by atoms with Gasteiger partial charge in [0.1, 0.15) is 0 Å². The normalized spacial score (nSPS) is 11.1. The standard InChI is InChI=1S/C19H19F3N2O3/c1-27-10-9-23-17(25)12-24-18(26)14-7-5-13(6-8-14)15-3-2-4-16(11-15)19(20,21)22/h2-8,11H,9-10,12H2,1H3,(H,23,25)(H,24,26). The van der Waals surface area contributed by atoms with Crippen molar-refractivity contribution in [3.63, 3.8) is 0 Å². The lowest BCUT2D eigenvalue weighted by Crippen LogP contribution is -2.38. The molecule has 8 heteroatoms. The second-order valence-electron chi connectivity index (χ2n) is 5.68. The highest BCUT2D eigenvalue weighted by Crippen LogP contribution is 2.32. The predicted molar refractivity (Wildman–Crippen MR) is 94.1 cm³/mol. The summed E-state index contributed by atoms with van der Waals surface area (Å²) in [6.07, 6.45) is -4.42. The van der Waals surface area contributed by atoms with Crippen LogP contribution in [-0.4, -0.2) is 38.6 Å². The first-order chi connectivity index (χ1) is 12.8. The van der Waals surface area contributed by atoms with E-state index in [4.69, 9.17) is 4.74 Å². The van der Waals surface area contributed by atoms with E-state index in [1.54, 1.807) is 18.2 Å². The lowest BCUT2D eigenvalue weighted by molar-refractivity contribution is -0.137. The van der Waals surface area contributed by atoms with Gasteiger partial charge in [0.05, 0.1) is 18.7 Å². The van der Waals surface area contributed by atoms with Gasteiger partial charge in [0.2, 0.25) is 5.91 Å². The molecule has 0 atom stereocenters. The van der Waals surface area contributed by atoms with E-state index in [9.17, 15) is 22.8 Å². The Balaban J connectivity index is 1.99. The van der Waals surface area contributed by atoms with Crippen molar-refractivity contribution in [1.29, 1.82) is 0 Å². The average molecular weight is 380 g/mol. The molecule has 2 N–H and O–H groups in total. The number of nitrogens with one attached hydrogen (secondary N) is 2. The Labute approximate surface area is 154 Å². The zero-order chi connectivity index (χ0) is 19.9. The Morgan fingerprint density at radius 3 is 2.33 bits per heavy atom. The number of halogens is 3. The maximum Gasteiger partial charge on any atom is 0.416 e. The average Bonchev–Trinajstić information content (AvgIpc) is 2.66. The summed E-state index contributed by atoms with van der Waals surface area (Å²) in [5, 5.41) is 5.04. The van der Waals surface area contributed by atoms with Crippen LogP contribution in [0.5, 0.6) is 0 Å². The van der Waals surface area contributed by atoms with Crippen LogP contribution in [0.3, 0.4) is 0 Å². The summed E-state index contributed by atoms with van der Waals surface area (Å²) >= 11 is 0. The molecule has 144 valence electrons. The summed E-state index contributed by atoms with van der Waals surface area (Å²) in [7, 11) is 1.51. The van der Waals surface area contributed by atoms with Gasteiger partial charge in [-0.05, 0) is 35.4 Å². The van der Waals surface area contributed by atoms with Crippen molar-refractivity contribution < 1.29 is 27.5 Å². The van der Waals surface area contributed by atoms with Gasteiger partial charge in [0, 0.05) is 19.2 Å². The van der Waals surface area contributed by atoms with Crippen LogP contribution in [0.1, 0.15) is 15.9 Å². The molecule has 2 rings (SSSR count). The van der Waals surface area contributed by atoms with E-state index >= 15 is 0 Å². The van der Waals surface area contributed by atoms with Crippen LogP contribution in [0.2, 0.25) is 0 Å². The Bertz CT molecular complexity index is 790. The molecule has 0 saturated heterocycles. The van der Waals surface area contributed by atoms with Gasteiger partial charge in [-0.15, -0.1) is 0 Å². The molecule has 0 aliphatic heterocycles. The van der Waals surface area contributed by atoms with E-state index in [0.717, 1.165) is 12.1 Å². The number of benzene rings is 2. The maximum absolute atomic E-state index is 12.8. The van der Waals surface area contributed by atoms with E-state index in [2.05, 4.69) is 10.6 Å². The van der Waals surface area contributed by atoms with E-state index in [-0.39, 0.29) is 12.5 Å². The Kier molecular flexibility index (Phi) is 6.95. The van der Waals surface area contributed by atoms with Crippen molar-refractivity contribution in [2.75, 3.05) is 26.8 Å². The largest absolute Gasteiger partial charge is 0.416 e. The highest BCUT2D eigenvalue weighted by Gasteiger charge is 2.30. The summed E-state index contributed by atoms with van der Waals surface area (Å²) in [6, 6.07) is 11.1. The first-order valence-electron chi connectivity index (χ1n) is 8.13. The molecule has 0 aliphatic rings. The Hall–Kier alpha value is -2.87. The quantitative estimate of drug-likeness (QED) is 0.726. The van der Waals surface area contributed by atoms with Crippen molar-refractivity contribution in [2.24, 2.45) is 0 Å². The fourth-order valence-corrected chi connectivity index (χ4v) is 2.31. The molecule has 2 aromatic carbocycles. The van der Waals surface area contributed by atoms with Crippen LogP contribution in [0, 0.1) is 0 Å². The van der Waals surface area contributed by atoms with E-state index in [1.807, 2.05) is 0 Å². The second-order valence-corrected chi connectivity index (χ2v) is 5.68. The second kappa shape index (κ2) is 9.18. The van der Waals surface area contributed by atoms with Crippen LogP contribution in [-0.2, 0) is 15.7 Å². The zero-order valence-corrected chi connectivity index (χ0v) is 14.6. The molecule has 0 spiro atoms. The summed E-state index contributed by atoms with van der Waals surface area (Å²) < 4.78 is 43.2. The van der Waals surface area contributed by atoms with Crippen molar-refractivity contribution in [3.05, 3.63) is 59.7 Å². The third-order valence-electron chi connectivity index (χ3n) is 3.71. The predicted octanol–water partition coefficient (Wildman–Crippen LogP) is 2.86. The minimum atomic E-state index is -4.42. The fraction of sp³-hybridized carbons (Fsp3) is 0.263. The summed E-state index contributed by atoms with van der Waals surface area (Å²) in [5.41, 5.74) is 0.515. The molecule has 0 saturated carbocycles. The lowest BCUT2D eigenvalue weighted by atomic mass is 10.0. The zero-order valence-electron chi connectivity index (χ0n) is 14.6. The minimum Gasteiger partial charge on any atom is -0.383 e. The molecule has 27 heavy (non-hydrogen) atoms. The van der Waals surface area contributed by atoms with Gasteiger partial charge in [-0.25, -0.2) is 0 Å². The van der Waals surface area contributed by atoms with Gasteiger partial charge >= 0.3 is 6.18 Å². The van der Waals surface area contributed by atoms with Crippen molar-refractivity contribution in [3.8, 4) is 11.1 Å². The highest BCUT2D eigenvalue weighted by atomic mass is 19.4. The Morgan fingerprint density at radius 2 is 1.70 bits per heavy atom. The molecule has 2 aromatic rings. The van der Waals surface area contributed by atoms with Crippen LogP contribution in [0.15, 0.2) is 48.5 Å². The fourth-order valence-electron chi connectivity index (χ4n) is 2.31. The molecule has 0 aromatic heterocycles. The number of ether oxygens (including phenoxy) is 1. The number of amides is 2. The Morgan fingerprint density at radius 1 is 1.00 bits per heavy atom. The summed E-state index contributed by atoms with van der Waals surface area (Å²) in [5.74, 6) is -0.798. The van der Waals surface area contributed by atoms with Crippen LogP contribution >= 0.6 is 0 Å². The molecule has 2 amide bonds. The van der Waals surface area contributed by atoms with Gasteiger partial charge in [-0.3, -0.25) is 9.59 Å². The third kappa shape index (κ3) is 6.10. The van der Waals surface area contributed by atoms with Gasteiger partial charge in [0.25, 0.3) is 5.91 Å². The molecule has 0 radical (unpaired) electrons. The monoisotopic (exact) mass is 380 g/mol. The summed E-state index contributed by atoms with van der Waals surface area (Å²) in [4.78, 5) is 23.6. The molecule has 5 nitrogen and oxygen atoms in total. The molecular formula is C19H19F3N2O3. The minimum absolute atomic E-state index is 0.183. The molecular weight excluding hydrogens is 361 g/mol.